The maximum absolute atomic E-state index is 10.8. The fourth-order valence-corrected chi connectivity index (χ4v) is 2.49. The number of hydrogen-bond acceptors (Lipinski definition) is 4. The first kappa shape index (κ1) is 16.3. The predicted molar refractivity (Wildman–Crippen MR) is 76.1 cm³/mol. The number of ether oxygens (including phenoxy) is 1. The molecule has 1 unspecified atom stereocenters. The monoisotopic (exact) mass is 308 g/mol. The number of nitrogens with zero attached hydrogens (tertiary/aromatic N) is 2. The molecule has 1 heterocycles. The summed E-state index contributed by atoms with van der Waals surface area (Å²) in [6, 6.07) is 0.310. The molecule has 1 rings (SSSR count). The maximum Gasteiger partial charge on any atom is 0.232 e. The summed E-state index contributed by atoms with van der Waals surface area (Å²) in [5.74, 6) is 1.01. The van der Waals surface area contributed by atoms with E-state index in [0.717, 1.165) is 12.2 Å². The second-order valence-electron chi connectivity index (χ2n) is 5.02. The van der Waals surface area contributed by atoms with E-state index in [2.05, 4.69) is 5.10 Å². The van der Waals surface area contributed by atoms with Crippen molar-refractivity contribution < 1.29 is 13.2 Å². The van der Waals surface area contributed by atoms with Gasteiger partial charge in [0, 0.05) is 16.7 Å². The molecule has 19 heavy (non-hydrogen) atoms. The van der Waals surface area contributed by atoms with Crippen molar-refractivity contribution in [2.45, 2.75) is 39.7 Å². The first-order chi connectivity index (χ1) is 8.78. The summed E-state index contributed by atoms with van der Waals surface area (Å²) in [5, 5.41) is 4.18. The fourth-order valence-electron chi connectivity index (χ4n) is 1.54. The summed E-state index contributed by atoms with van der Waals surface area (Å²) in [6.45, 7) is 6.63. The van der Waals surface area contributed by atoms with Gasteiger partial charge in [-0.05, 0) is 32.6 Å². The first-order valence-corrected chi connectivity index (χ1v) is 8.85. The highest BCUT2D eigenvalue weighted by Crippen LogP contribution is 2.15. The van der Waals surface area contributed by atoms with Gasteiger partial charge in [0.15, 0.2) is 5.75 Å². The third-order valence-electron chi connectivity index (χ3n) is 2.84. The quantitative estimate of drug-likeness (QED) is 0.693. The molecule has 0 amide bonds. The minimum absolute atomic E-state index is 0.0149. The van der Waals surface area contributed by atoms with E-state index in [1.807, 2.05) is 31.6 Å². The molecule has 5 nitrogen and oxygen atoms in total. The Labute approximate surface area is 119 Å². The average molecular weight is 309 g/mol. The molecule has 1 aromatic rings. The molecule has 0 aliphatic heterocycles. The van der Waals surface area contributed by atoms with Crippen molar-refractivity contribution in [3.05, 3.63) is 12.4 Å². The second kappa shape index (κ2) is 7.14. The molecule has 0 saturated heterocycles. The molecule has 110 valence electrons. The van der Waals surface area contributed by atoms with E-state index in [4.69, 9.17) is 15.4 Å². The van der Waals surface area contributed by atoms with Gasteiger partial charge in [-0.2, -0.15) is 5.10 Å². The SMILES string of the molecule is CC(CCOc1cnn(C(C)C)c1)CCS(=O)(=O)Cl. The second-order valence-corrected chi connectivity index (χ2v) is 7.92. The van der Waals surface area contributed by atoms with Crippen LogP contribution in [-0.4, -0.2) is 30.6 Å². The lowest BCUT2D eigenvalue weighted by Gasteiger charge is -2.10. The van der Waals surface area contributed by atoms with Crippen LogP contribution in [0.3, 0.4) is 0 Å². The molecule has 0 aliphatic carbocycles. The van der Waals surface area contributed by atoms with Gasteiger partial charge in [0.05, 0.1) is 24.8 Å². The smallest absolute Gasteiger partial charge is 0.232 e. The summed E-state index contributed by atoms with van der Waals surface area (Å²) in [7, 11) is 1.78. The molecule has 7 heteroatoms. The lowest BCUT2D eigenvalue weighted by atomic mass is 10.1. The van der Waals surface area contributed by atoms with Crippen LogP contribution >= 0.6 is 10.7 Å². The topological polar surface area (TPSA) is 61.2 Å². The Kier molecular flexibility index (Phi) is 6.13. The predicted octanol–water partition coefficient (Wildman–Crippen LogP) is 2.83. The normalized spacial score (nSPS) is 13.7. The minimum Gasteiger partial charge on any atom is -0.490 e. The molecule has 1 aromatic heterocycles. The Morgan fingerprint density at radius 3 is 2.58 bits per heavy atom. The highest BCUT2D eigenvalue weighted by Gasteiger charge is 2.10. The van der Waals surface area contributed by atoms with E-state index in [-0.39, 0.29) is 11.7 Å². The lowest BCUT2D eigenvalue weighted by molar-refractivity contribution is 0.281. The van der Waals surface area contributed by atoms with E-state index in [1.54, 1.807) is 6.20 Å². The van der Waals surface area contributed by atoms with Crippen LogP contribution in [0.25, 0.3) is 0 Å². The Hall–Kier alpha value is -0.750. The average Bonchev–Trinajstić information content (AvgIpc) is 2.74. The molecule has 0 bridgehead atoms. The lowest BCUT2D eigenvalue weighted by Crippen LogP contribution is -2.08. The van der Waals surface area contributed by atoms with E-state index in [1.165, 1.54) is 0 Å². The molecular weight excluding hydrogens is 288 g/mol. The highest BCUT2D eigenvalue weighted by atomic mass is 35.7. The van der Waals surface area contributed by atoms with Crippen molar-refractivity contribution in [2.24, 2.45) is 5.92 Å². The molecule has 0 radical (unpaired) electrons. The molecule has 0 aromatic carbocycles. The van der Waals surface area contributed by atoms with Crippen LogP contribution in [0.15, 0.2) is 12.4 Å². The van der Waals surface area contributed by atoms with Gasteiger partial charge >= 0.3 is 0 Å². The van der Waals surface area contributed by atoms with Crippen LogP contribution in [-0.2, 0) is 9.05 Å². The minimum atomic E-state index is -3.38. The van der Waals surface area contributed by atoms with Crippen molar-refractivity contribution >= 4 is 19.7 Å². The number of halogens is 1. The maximum atomic E-state index is 10.8. The molecule has 0 saturated carbocycles. The van der Waals surface area contributed by atoms with Crippen LogP contribution in [0.5, 0.6) is 5.75 Å². The zero-order valence-electron chi connectivity index (χ0n) is 11.5. The zero-order valence-corrected chi connectivity index (χ0v) is 13.1. The van der Waals surface area contributed by atoms with Crippen LogP contribution in [0, 0.1) is 5.92 Å². The zero-order chi connectivity index (χ0) is 14.5. The van der Waals surface area contributed by atoms with E-state index in [9.17, 15) is 8.42 Å². The largest absolute Gasteiger partial charge is 0.490 e. The summed E-state index contributed by atoms with van der Waals surface area (Å²) in [4.78, 5) is 0. The van der Waals surface area contributed by atoms with Crippen LogP contribution in [0.2, 0.25) is 0 Å². The Morgan fingerprint density at radius 1 is 1.37 bits per heavy atom. The van der Waals surface area contributed by atoms with Gasteiger partial charge in [-0.1, -0.05) is 6.92 Å². The summed E-state index contributed by atoms with van der Waals surface area (Å²) >= 11 is 0. The van der Waals surface area contributed by atoms with Crippen LogP contribution < -0.4 is 4.74 Å². The number of hydrogen-bond donors (Lipinski definition) is 0. The number of rotatable bonds is 8. The summed E-state index contributed by atoms with van der Waals surface area (Å²) < 4.78 is 29.0. The van der Waals surface area contributed by atoms with Crippen molar-refractivity contribution in [2.75, 3.05) is 12.4 Å². The molecule has 0 N–H and O–H groups in total. The third kappa shape index (κ3) is 6.82. The van der Waals surface area contributed by atoms with E-state index >= 15 is 0 Å². The molecular formula is C12H21ClN2O3S. The van der Waals surface area contributed by atoms with Crippen molar-refractivity contribution in [3.63, 3.8) is 0 Å². The van der Waals surface area contributed by atoms with Gasteiger partial charge in [0.25, 0.3) is 0 Å². The number of aromatic nitrogens is 2. The molecule has 0 aliphatic rings. The molecule has 1 atom stereocenters. The van der Waals surface area contributed by atoms with E-state index in [0.29, 0.717) is 19.1 Å². The standard InChI is InChI=1S/C12H21ClN2O3S/c1-10(2)15-9-12(8-14-15)18-6-4-11(3)5-7-19(13,16)17/h8-11H,4-7H2,1-3H3. The highest BCUT2D eigenvalue weighted by molar-refractivity contribution is 8.13. The van der Waals surface area contributed by atoms with Crippen LogP contribution in [0.4, 0.5) is 0 Å². The molecule has 0 spiro atoms. The Morgan fingerprint density at radius 2 is 2.05 bits per heavy atom. The van der Waals surface area contributed by atoms with Crippen molar-refractivity contribution in [3.8, 4) is 5.75 Å². The Bertz CT molecular complexity index is 485. The van der Waals surface area contributed by atoms with Gasteiger partial charge in [-0.25, -0.2) is 8.42 Å². The third-order valence-corrected chi connectivity index (χ3v) is 4.03. The van der Waals surface area contributed by atoms with Crippen molar-refractivity contribution in [1.82, 2.24) is 9.78 Å². The van der Waals surface area contributed by atoms with Gasteiger partial charge in [0.1, 0.15) is 0 Å². The van der Waals surface area contributed by atoms with Gasteiger partial charge in [-0.3, -0.25) is 4.68 Å². The van der Waals surface area contributed by atoms with E-state index < -0.39 is 9.05 Å². The fraction of sp³-hybridized carbons (Fsp3) is 0.750. The summed E-state index contributed by atoms with van der Waals surface area (Å²) in [5.41, 5.74) is 0. The summed E-state index contributed by atoms with van der Waals surface area (Å²) in [6.07, 6.45) is 4.90. The van der Waals surface area contributed by atoms with Gasteiger partial charge in [0.2, 0.25) is 9.05 Å². The van der Waals surface area contributed by atoms with Gasteiger partial charge < -0.3 is 4.74 Å². The van der Waals surface area contributed by atoms with Crippen molar-refractivity contribution in [1.29, 1.82) is 0 Å². The molecule has 0 fully saturated rings. The Balaban J connectivity index is 2.25. The van der Waals surface area contributed by atoms with Crippen LogP contribution in [0.1, 0.15) is 39.7 Å². The van der Waals surface area contributed by atoms with Gasteiger partial charge in [-0.15, -0.1) is 0 Å². The first-order valence-electron chi connectivity index (χ1n) is 6.37.